The van der Waals surface area contributed by atoms with Crippen LogP contribution < -0.4 is 10.5 Å². The lowest BCUT2D eigenvalue weighted by molar-refractivity contribution is -0.138. The van der Waals surface area contributed by atoms with Gasteiger partial charge in [-0.05, 0) is 18.6 Å². The number of thiophene rings is 1. The molecule has 0 bridgehead atoms. The van der Waals surface area contributed by atoms with Gasteiger partial charge in [0.25, 0.3) is 0 Å². The molecule has 0 saturated carbocycles. The molecule has 1 atom stereocenters. The average molecular weight is 229 g/mol. The van der Waals surface area contributed by atoms with E-state index >= 15 is 0 Å². The molecule has 0 aromatic carbocycles. The first kappa shape index (κ1) is 12.0. The molecule has 1 rings (SSSR count). The van der Waals surface area contributed by atoms with E-state index in [1.807, 2.05) is 19.1 Å². The van der Waals surface area contributed by atoms with Gasteiger partial charge in [0.15, 0.2) is 5.06 Å². The van der Waals surface area contributed by atoms with Gasteiger partial charge in [-0.15, -0.1) is 11.3 Å². The molecule has 0 radical (unpaired) electrons. The van der Waals surface area contributed by atoms with Crippen LogP contribution in [0.1, 0.15) is 18.2 Å². The van der Waals surface area contributed by atoms with Crippen molar-refractivity contribution in [1.29, 1.82) is 0 Å². The van der Waals surface area contributed by atoms with Gasteiger partial charge in [0.05, 0.1) is 6.61 Å². The fourth-order valence-electron chi connectivity index (χ4n) is 1.05. The number of ether oxygens (including phenoxy) is 1. The van der Waals surface area contributed by atoms with Gasteiger partial charge in [0, 0.05) is 11.3 Å². The van der Waals surface area contributed by atoms with Crippen LogP contribution in [0.5, 0.6) is 5.06 Å². The molecule has 0 aliphatic carbocycles. The summed E-state index contributed by atoms with van der Waals surface area (Å²) in [5.74, 6) is -0.973. The Hall–Kier alpha value is -1.07. The van der Waals surface area contributed by atoms with Crippen molar-refractivity contribution in [2.24, 2.45) is 5.73 Å². The highest BCUT2D eigenvalue weighted by Gasteiger charge is 2.13. The molecular formula is C10H15NO3S. The van der Waals surface area contributed by atoms with Crippen molar-refractivity contribution < 1.29 is 14.6 Å². The lowest BCUT2D eigenvalue weighted by atomic mass is 10.2. The summed E-state index contributed by atoms with van der Waals surface area (Å²) in [6.45, 7) is 2.72. The topological polar surface area (TPSA) is 72.5 Å². The van der Waals surface area contributed by atoms with Crippen molar-refractivity contribution in [3.8, 4) is 5.06 Å². The van der Waals surface area contributed by atoms with Crippen LogP contribution >= 0.6 is 11.3 Å². The molecule has 3 N–H and O–H groups in total. The lowest BCUT2D eigenvalue weighted by Crippen LogP contribution is -2.31. The number of aliphatic carboxylic acids is 1. The van der Waals surface area contributed by atoms with E-state index < -0.39 is 12.0 Å². The second-order valence-electron chi connectivity index (χ2n) is 3.22. The number of nitrogens with two attached hydrogens (primary N) is 1. The van der Waals surface area contributed by atoms with Gasteiger partial charge in [0.2, 0.25) is 0 Å². The fraction of sp³-hybridized carbons (Fsp3) is 0.500. The average Bonchev–Trinajstić information content (AvgIpc) is 2.62. The highest BCUT2D eigenvalue weighted by molar-refractivity contribution is 7.13. The first-order chi connectivity index (χ1) is 7.13. The van der Waals surface area contributed by atoms with Crippen LogP contribution in [-0.4, -0.2) is 23.7 Å². The third-order valence-corrected chi connectivity index (χ3v) is 2.84. The van der Waals surface area contributed by atoms with E-state index in [0.29, 0.717) is 13.0 Å². The molecule has 1 heterocycles. The summed E-state index contributed by atoms with van der Waals surface area (Å²) in [4.78, 5) is 11.5. The van der Waals surface area contributed by atoms with E-state index in [-0.39, 0.29) is 0 Å². The molecule has 5 heteroatoms. The monoisotopic (exact) mass is 229 g/mol. The summed E-state index contributed by atoms with van der Waals surface area (Å²) < 4.78 is 5.41. The van der Waals surface area contributed by atoms with Crippen molar-refractivity contribution >= 4 is 17.3 Å². The quantitative estimate of drug-likeness (QED) is 0.775. The highest BCUT2D eigenvalue weighted by Crippen LogP contribution is 2.25. The zero-order chi connectivity index (χ0) is 11.3. The molecule has 0 spiro atoms. The Morgan fingerprint density at radius 3 is 3.00 bits per heavy atom. The molecule has 15 heavy (non-hydrogen) atoms. The van der Waals surface area contributed by atoms with E-state index in [9.17, 15) is 4.79 Å². The molecule has 84 valence electrons. The minimum atomic E-state index is -0.973. The summed E-state index contributed by atoms with van der Waals surface area (Å²) in [6.07, 6.45) is 1.32. The van der Waals surface area contributed by atoms with Crippen LogP contribution in [0.3, 0.4) is 0 Å². The Morgan fingerprint density at radius 1 is 1.67 bits per heavy atom. The van der Waals surface area contributed by atoms with Crippen LogP contribution in [0.2, 0.25) is 0 Å². The summed E-state index contributed by atoms with van der Waals surface area (Å²) in [6, 6.07) is 2.88. The lowest BCUT2D eigenvalue weighted by Gasteiger charge is -2.03. The highest BCUT2D eigenvalue weighted by atomic mass is 32.1. The summed E-state index contributed by atoms with van der Waals surface area (Å²) in [5, 5.41) is 9.46. The van der Waals surface area contributed by atoms with E-state index in [1.54, 1.807) is 0 Å². The predicted molar refractivity (Wildman–Crippen MR) is 59.4 cm³/mol. The predicted octanol–water partition coefficient (Wildman–Crippen LogP) is 1.49. The van der Waals surface area contributed by atoms with E-state index in [1.165, 1.54) is 11.3 Å². The van der Waals surface area contributed by atoms with Gasteiger partial charge in [-0.3, -0.25) is 4.79 Å². The van der Waals surface area contributed by atoms with Crippen molar-refractivity contribution in [1.82, 2.24) is 0 Å². The zero-order valence-corrected chi connectivity index (χ0v) is 9.42. The first-order valence-electron chi connectivity index (χ1n) is 4.83. The maximum Gasteiger partial charge on any atom is 0.320 e. The molecule has 4 nitrogen and oxygen atoms in total. The molecule has 0 saturated heterocycles. The minimum Gasteiger partial charge on any atom is -0.484 e. The molecule has 0 fully saturated rings. The molecule has 1 aromatic rings. The summed E-state index contributed by atoms with van der Waals surface area (Å²) in [7, 11) is 0. The normalized spacial score (nSPS) is 12.4. The first-order valence-corrected chi connectivity index (χ1v) is 5.65. The second-order valence-corrected chi connectivity index (χ2v) is 4.35. The van der Waals surface area contributed by atoms with Gasteiger partial charge in [-0.1, -0.05) is 6.92 Å². The third kappa shape index (κ3) is 3.89. The van der Waals surface area contributed by atoms with Crippen LogP contribution in [0.25, 0.3) is 0 Å². The Morgan fingerprint density at radius 2 is 2.40 bits per heavy atom. The number of hydrogen-bond donors (Lipinski definition) is 2. The number of rotatable bonds is 6. The van der Waals surface area contributed by atoms with Gasteiger partial charge in [-0.25, -0.2) is 0 Å². The van der Waals surface area contributed by atoms with Crippen molar-refractivity contribution in [3.63, 3.8) is 0 Å². The van der Waals surface area contributed by atoms with Crippen LogP contribution in [0.15, 0.2) is 12.1 Å². The standard InChI is InChI=1S/C10H15NO3S/c1-2-5-14-9-4-3-7(15-9)6-8(11)10(12)13/h3-4,8H,2,5-6,11H2,1H3,(H,12,13)/t8-/m0/s1. The molecule has 0 amide bonds. The van der Waals surface area contributed by atoms with E-state index in [0.717, 1.165) is 16.4 Å². The van der Waals surface area contributed by atoms with E-state index in [2.05, 4.69) is 0 Å². The van der Waals surface area contributed by atoms with Crippen LogP contribution in [0, 0.1) is 0 Å². The number of carbonyl (C=O) groups is 1. The Labute approximate surface area is 92.7 Å². The SMILES string of the molecule is CCCOc1ccc(C[C@H](N)C(=O)O)s1. The largest absolute Gasteiger partial charge is 0.484 e. The Balaban J connectivity index is 2.49. The van der Waals surface area contributed by atoms with E-state index in [4.69, 9.17) is 15.6 Å². The maximum atomic E-state index is 10.5. The van der Waals surface area contributed by atoms with Gasteiger partial charge in [0.1, 0.15) is 6.04 Å². The number of carboxylic acid groups (broad SMARTS) is 1. The van der Waals surface area contributed by atoms with Gasteiger partial charge < -0.3 is 15.6 Å². The van der Waals surface area contributed by atoms with Gasteiger partial charge in [-0.2, -0.15) is 0 Å². The molecule has 0 unspecified atom stereocenters. The maximum absolute atomic E-state index is 10.5. The summed E-state index contributed by atoms with van der Waals surface area (Å²) in [5.41, 5.74) is 5.42. The second kappa shape index (κ2) is 5.72. The number of hydrogen-bond acceptors (Lipinski definition) is 4. The fourth-order valence-corrected chi connectivity index (χ4v) is 1.99. The zero-order valence-electron chi connectivity index (χ0n) is 8.60. The molecular weight excluding hydrogens is 214 g/mol. The van der Waals surface area contributed by atoms with Crippen LogP contribution in [-0.2, 0) is 11.2 Å². The Kier molecular flexibility index (Phi) is 4.58. The number of carboxylic acids is 1. The van der Waals surface area contributed by atoms with Crippen molar-refractivity contribution in [3.05, 3.63) is 17.0 Å². The summed E-state index contributed by atoms with van der Waals surface area (Å²) >= 11 is 1.45. The molecule has 1 aromatic heterocycles. The van der Waals surface area contributed by atoms with Gasteiger partial charge >= 0.3 is 5.97 Å². The van der Waals surface area contributed by atoms with Crippen LogP contribution in [0.4, 0.5) is 0 Å². The molecule has 0 aliphatic heterocycles. The smallest absolute Gasteiger partial charge is 0.320 e. The van der Waals surface area contributed by atoms with Crippen molar-refractivity contribution in [2.45, 2.75) is 25.8 Å². The third-order valence-electron chi connectivity index (χ3n) is 1.82. The molecule has 0 aliphatic rings. The Bertz CT molecular complexity index is 324. The van der Waals surface area contributed by atoms with Crippen molar-refractivity contribution in [2.75, 3.05) is 6.61 Å². The minimum absolute atomic E-state index is 0.357.